The molecular weight excluding hydrogens is 564 g/mol. The van der Waals surface area contributed by atoms with Crippen LogP contribution in [-0.2, 0) is 16.0 Å². The highest BCUT2D eigenvalue weighted by atomic mass is 35.5. The number of hydrogen-bond donors (Lipinski definition) is 0. The number of rotatable bonds is 12. The summed E-state index contributed by atoms with van der Waals surface area (Å²) >= 11 is 0. The maximum absolute atomic E-state index is 12.6. The van der Waals surface area contributed by atoms with Gasteiger partial charge in [-0.25, -0.2) is 9.78 Å². The van der Waals surface area contributed by atoms with Crippen molar-refractivity contribution in [1.29, 1.82) is 0 Å². The lowest BCUT2D eigenvalue weighted by Crippen LogP contribution is -2.41. The standard InChI is InChI=1S/C35H40N2O5.ClH/c1-26-32(36-33(41-26)29-14-12-28(13-15-29)27-10-6-4-7-11-27)20-24-39-30-16-18-31(19-17-30)42-35(2,3)34(38)40-25-23-37-21-8-5-9-22-37;/h4,6-7,10-19H,5,8-9,20-25H2,1-3H3;1H. The van der Waals surface area contributed by atoms with E-state index in [1.165, 1.54) is 24.8 Å². The number of aryl methyl sites for hydroxylation is 1. The van der Waals surface area contributed by atoms with Crippen molar-refractivity contribution in [3.63, 3.8) is 0 Å². The molecule has 0 aliphatic carbocycles. The number of piperidine rings is 1. The first-order chi connectivity index (χ1) is 20.4. The second kappa shape index (κ2) is 15.1. The number of carbonyl (C=O) groups excluding carboxylic acids is 1. The minimum atomic E-state index is -1.09. The molecule has 0 unspecified atom stereocenters. The zero-order valence-corrected chi connectivity index (χ0v) is 26.0. The zero-order chi connectivity index (χ0) is 29.4. The van der Waals surface area contributed by atoms with Crippen LogP contribution in [0, 0.1) is 6.92 Å². The van der Waals surface area contributed by atoms with E-state index in [0.29, 0.717) is 37.0 Å². The molecule has 0 spiro atoms. The molecule has 8 heteroatoms. The number of hydrogen-bond acceptors (Lipinski definition) is 7. The molecular formula is C35H41ClN2O5. The highest BCUT2D eigenvalue weighted by Crippen LogP contribution is 2.27. The summed E-state index contributed by atoms with van der Waals surface area (Å²) in [5.41, 5.74) is 3.05. The van der Waals surface area contributed by atoms with E-state index in [9.17, 15) is 4.79 Å². The normalized spacial score (nSPS) is 13.7. The van der Waals surface area contributed by atoms with Crippen LogP contribution in [0.5, 0.6) is 11.5 Å². The molecule has 1 aromatic heterocycles. The summed E-state index contributed by atoms with van der Waals surface area (Å²) in [5, 5.41) is 0. The maximum atomic E-state index is 12.6. The van der Waals surface area contributed by atoms with E-state index < -0.39 is 5.60 Å². The molecule has 0 radical (unpaired) electrons. The van der Waals surface area contributed by atoms with Gasteiger partial charge in [0, 0.05) is 18.5 Å². The van der Waals surface area contributed by atoms with E-state index in [4.69, 9.17) is 23.6 Å². The Bertz CT molecular complexity index is 1430. The monoisotopic (exact) mass is 604 g/mol. The minimum Gasteiger partial charge on any atom is -0.493 e. The molecule has 7 nitrogen and oxygen atoms in total. The van der Waals surface area contributed by atoms with E-state index in [1.54, 1.807) is 26.0 Å². The fourth-order valence-corrected chi connectivity index (χ4v) is 5.05. The van der Waals surface area contributed by atoms with Gasteiger partial charge >= 0.3 is 5.97 Å². The first-order valence-electron chi connectivity index (χ1n) is 14.8. The number of likely N-dealkylation sites (tertiary alicyclic amines) is 1. The predicted octanol–water partition coefficient (Wildman–Crippen LogP) is 7.55. The third-order valence-electron chi connectivity index (χ3n) is 7.52. The lowest BCUT2D eigenvalue weighted by molar-refractivity contribution is -0.159. The van der Waals surface area contributed by atoms with Crippen LogP contribution in [0.4, 0.5) is 0 Å². The average Bonchev–Trinajstić information content (AvgIpc) is 3.39. The Morgan fingerprint density at radius 2 is 1.47 bits per heavy atom. The van der Waals surface area contributed by atoms with Crippen LogP contribution < -0.4 is 9.47 Å². The molecule has 228 valence electrons. The van der Waals surface area contributed by atoms with Crippen molar-refractivity contribution in [3.05, 3.63) is 90.3 Å². The number of oxazole rings is 1. The van der Waals surface area contributed by atoms with Gasteiger partial charge in [0.05, 0.1) is 12.3 Å². The number of carbonyl (C=O) groups is 1. The van der Waals surface area contributed by atoms with Crippen molar-refractivity contribution in [2.75, 3.05) is 32.8 Å². The van der Waals surface area contributed by atoms with Crippen molar-refractivity contribution in [2.24, 2.45) is 0 Å². The summed E-state index contributed by atoms with van der Waals surface area (Å²) in [7, 11) is 0. The second-order valence-corrected chi connectivity index (χ2v) is 11.2. The van der Waals surface area contributed by atoms with Crippen molar-refractivity contribution >= 4 is 18.4 Å². The number of nitrogens with zero attached hydrogens (tertiary/aromatic N) is 2. The van der Waals surface area contributed by atoms with Crippen LogP contribution in [0.25, 0.3) is 22.6 Å². The van der Waals surface area contributed by atoms with Crippen molar-refractivity contribution < 1.29 is 23.4 Å². The van der Waals surface area contributed by atoms with Crippen LogP contribution in [-0.4, -0.2) is 54.3 Å². The number of esters is 1. The molecule has 2 heterocycles. The van der Waals surface area contributed by atoms with Crippen LogP contribution in [0.2, 0.25) is 0 Å². The van der Waals surface area contributed by atoms with Gasteiger partial charge in [0.15, 0.2) is 5.60 Å². The molecule has 43 heavy (non-hydrogen) atoms. The lowest BCUT2D eigenvalue weighted by atomic mass is 10.0. The topological polar surface area (TPSA) is 74.0 Å². The van der Waals surface area contributed by atoms with E-state index in [2.05, 4.69) is 29.2 Å². The summed E-state index contributed by atoms with van der Waals surface area (Å²) in [6.45, 7) is 9.14. The first-order valence-corrected chi connectivity index (χ1v) is 14.8. The third-order valence-corrected chi connectivity index (χ3v) is 7.52. The summed E-state index contributed by atoms with van der Waals surface area (Å²) in [4.78, 5) is 19.7. The van der Waals surface area contributed by atoms with E-state index >= 15 is 0 Å². The van der Waals surface area contributed by atoms with Gasteiger partial charge in [-0.05, 0) is 94.2 Å². The fraction of sp³-hybridized carbons (Fsp3) is 0.371. The summed E-state index contributed by atoms with van der Waals surface area (Å²) in [5.74, 6) is 2.32. The maximum Gasteiger partial charge on any atom is 0.349 e. The summed E-state index contributed by atoms with van der Waals surface area (Å²) in [6.07, 6.45) is 4.34. The second-order valence-electron chi connectivity index (χ2n) is 11.2. The van der Waals surface area contributed by atoms with Gasteiger partial charge in [-0.15, -0.1) is 12.4 Å². The molecule has 0 amide bonds. The molecule has 1 aliphatic heterocycles. The molecule has 0 atom stereocenters. The average molecular weight is 605 g/mol. The van der Waals surface area contributed by atoms with E-state index in [-0.39, 0.29) is 18.4 Å². The summed E-state index contributed by atoms with van der Waals surface area (Å²) < 4.78 is 23.4. The predicted molar refractivity (Wildman–Crippen MR) is 171 cm³/mol. The van der Waals surface area contributed by atoms with E-state index in [0.717, 1.165) is 42.2 Å². The van der Waals surface area contributed by atoms with Crippen molar-refractivity contribution in [1.82, 2.24) is 9.88 Å². The zero-order valence-electron chi connectivity index (χ0n) is 25.2. The number of halogens is 1. The molecule has 0 saturated carbocycles. The molecule has 5 rings (SSSR count). The van der Waals surface area contributed by atoms with Crippen LogP contribution >= 0.6 is 12.4 Å². The quantitative estimate of drug-likeness (QED) is 0.155. The molecule has 1 aliphatic rings. The van der Waals surface area contributed by atoms with Gasteiger partial charge in [0.2, 0.25) is 5.89 Å². The highest BCUT2D eigenvalue weighted by molar-refractivity contribution is 5.85. The van der Waals surface area contributed by atoms with Gasteiger partial charge in [-0.3, -0.25) is 4.90 Å². The van der Waals surface area contributed by atoms with Gasteiger partial charge in [-0.2, -0.15) is 0 Å². The Morgan fingerprint density at radius 3 is 2.16 bits per heavy atom. The highest BCUT2D eigenvalue weighted by Gasteiger charge is 2.32. The Labute approximate surface area is 260 Å². The lowest BCUT2D eigenvalue weighted by Gasteiger charge is -2.28. The smallest absolute Gasteiger partial charge is 0.349 e. The fourth-order valence-electron chi connectivity index (χ4n) is 5.05. The van der Waals surface area contributed by atoms with Crippen molar-refractivity contribution in [2.45, 2.75) is 52.1 Å². The van der Waals surface area contributed by atoms with Gasteiger partial charge in [0.25, 0.3) is 0 Å². The van der Waals surface area contributed by atoms with Gasteiger partial charge in [-0.1, -0.05) is 48.9 Å². The Balaban J connectivity index is 0.00000423. The molecule has 1 saturated heterocycles. The number of ether oxygens (including phenoxy) is 3. The minimum absolute atomic E-state index is 0. The first kappa shape index (κ1) is 32.1. The molecule has 4 aromatic rings. The Hall–Kier alpha value is -3.81. The molecule has 1 fully saturated rings. The van der Waals surface area contributed by atoms with Crippen LogP contribution in [0.1, 0.15) is 44.6 Å². The van der Waals surface area contributed by atoms with Crippen molar-refractivity contribution in [3.8, 4) is 34.1 Å². The van der Waals surface area contributed by atoms with E-state index in [1.807, 2.05) is 49.4 Å². The third kappa shape index (κ3) is 8.85. The van der Waals surface area contributed by atoms with Gasteiger partial charge in [0.1, 0.15) is 23.9 Å². The molecule has 0 N–H and O–H groups in total. The Morgan fingerprint density at radius 1 is 0.837 bits per heavy atom. The Kier molecular flexibility index (Phi) is 11.3. The van der Waals surface area contributed by atoms with Crippen LogP contribution in [0.3, 0.4) is 0 Å². The SMILES string of the molecule is Cc1oc(-c2ccc(-c3ccccc3)cc2)nc1CCOc1ccc(OC(C)(C)C(=O)OCCN2CCCCC2)cc1.Cl. The molecule has 0 bridgehead atoms. The number of benzene rings is 3. The van der Waals surface area contributed by atoms with Gasteiger partial charge < -0.3 is 18.6 Å². The largest absolute Gasteiger partial charge is 0.493 e. The summed E-state index contributed by atoms with van der Waals surface area (Å²) in [6, 6.07) is 25.8. The number of aromatic nitrogens is 1. The molecule has 3 aromatic carbocycles. The van der Waals surface area contributed by atoms with Crippen LogP contribution in [0.15, 0.2) is 83.3 Å².